The van der Waals surface area contributed by atoms with Gasteiger partial charge in [0.25, 0.3) is 0 Å². The quantitative estimate of drug-likeness (QED) is 0.672. The number of nitrogens with one attached hydrogen (secondary N) is 2. The molecule has 2 aromatic carbocycles. The predicted octanol–water partition coefficient (Wildman–Crippen LogP) is 4.37. The van der Waals surface area contributed by atoms with E-state index in [1.54, 1.807) is 24.3 Å². The molecule has 0 saturated heterocycles. The summed E-state index contributed by atoms with van der Waals surface area (Å²) in [6.45, 7) is 4.43. The van der Waals surface area contributed by atoms with E-state index in [1.807, 2.05) is 32.0 Å². The Balaban J connectivity index is 1.86. The summed E-state index contributed by atoms with van der Waals surface area (Å²) in [6.07, 6.45) is 0.790. The van der Waals surface area contributed by atoms with Gasteiger partial charge < -0.3 is 15.4 Å². The third kappa shape index (κ3) is 5.90. The molecule has 0 saturated carbocycles. The van der Waals surface area contributed by atoms with E-state index in [2.05, 4.69) is 26.6 Å². The number of carbonyl (C=O) groups excluding carboxylic acids is 2. The molecule has 2 rings (SSSR count). The lowest BCUT2D eigenvalue weighted by molar-refractivity contribution is -0.114. The number of aryl methyl sites for hydroxylation is 1. The molecule has 1 amide bonds. The summed E-state index contributed by atoms with van der Waals surface area (Å²) < 4.78 is 6.05. The molecule has 132 valence electrons. The summed E-state index contributed by atoms with van der Waals surface area (Å²) in [5, 5.41) is 5.90. The topological polar surface area (TPSA) is 67.4 Å². The number of amides is 1. The molecule has 6 heteroatoms. The van der Waals surface area contributed by atoms with Gasteiger partial charge in [-0.05, 0) is 61.4 Å². The Labute approximate surface area is 155 Å². The molecule has 0 aliphatic carbocycles. The first-order chi connectivity index (χ1) is 12.0. The largest absolute Gasteiger partial charge is 0.462 e. The molecule has 0 unspecified atom stereocenters. The fraction of sp³-hybridized carbons (Fsp3) is 0.263. The standard InChI is InChI=1S/C19H21BrN2O3/c1-3-10-25-19(24)14-4-7-16(8-5-14)21-12-18(23)22-17-9-6-15(20)11-13(17)2/h4-9,11,21H,3,10,12H2,1-2H3,(H,22,23). The Kier molecular flexibility index (Phi) is 7.01. The van der Waals surface area contributed by atoms with E-state index in [0.717, 1.165) is 27.8 Å². The summed E-state index contributed by atoms with van der Waals surface area (Å²) >= 11 is 3.40. The second-order valence-corrected chi connectivity index (χ2v) is 6.49. The fourth-order valence-electron chi connectivity index (χ4n) is 2.15. The highest BCUT2D eigenvalue weighted by Gasteiger charge is 2.08. The van der Waals surface area contributed by atoms with E-state index >= 15 is 0 Å². The smallest absolute Gasteiger partial charge is 0.338 e. The first-order valence-electron chi connectivity index (χ1n) is 8.06. The minimum absolute atomic E-state index is 0.134. The second kappa shape index (κ2) is 9.22. The van der Waals surface area contributed by atoms with Crippen molar-refractivity contribution in [3.63, 3.8) is 0 Å². The van der Waals surface area contributed by atoms with Crippen LogP contribution in [0.4, 0.5) is 11.4 Å². The van der Waals surface area contributed by atoms with Gasteiger partial charge in [0, 0.05) is 15.8 Å². The number of esters is 1. The molecule has 0 fully saturated rings. The first-order valence-corrected chi connectivity index (χ1v) is 8.86. The lowest BCUT2D eigenvalue weighted by Gasteiger charge is -2.10. The molecular weight excluding hydrogens is 384 g/mol. The number of benzene rings is 2. The minimum Gasteiger partial charge on any atom is -0.462 e. The molecule has 0 heterocycles. The number of hydrogen-bond acceptors (Lipinski definition) is 4. The van der Waals surface area contributed by atoms with E-state index in [-0.39, 0.29) is 18.4 Å². The summed E-state index contributed by atoms with van der Waals surface area (Å²) in [7, 11) is 0. The van der Waals surface area contributed by atoms with Gasteiger partial charge in [-0.15, -0.1) is 0 Å². The van der Waals surface area contributed by atoms with Gasteiger partial charge in [0.15, 0.2) is 0 Å². The predicted molar refractivity (Wildman–Crippen MR) is 103 cm³/mol. The van der Waals surface area contributed by atoms with Gasteiger partial charge in [0.05, 0.1) is 18.7 Å². The van der Waals surface area contributed by atoms with Crippen molar-refractivity contribution in [1.29, 1.82) is 0 Å². The van der Waals surface area contributed by atoms with Crippen molar-refractivity contribution < 1.29 is 14.3 Å². The summed E-state index contributed by atoms with van der Waals surface area (Å²) in [4.78, 5) is 23.8. The number of hydrogen-bond donors (Lipinski definition) is 2. The van der Waals surface area contributed by atoms with Crippen molar-refractivity contribution in [2.24, 2.45) is 0 Å². The lowest BCUT2D eigenvalue weighted by Crippen LogP contribution is -2.22. The third-order valence-electron chi connectivity index (χ3n) is 3.47. The van der Waals surface area contributed by atoms with Gasteiger partial charge >= 0.3 is 5.97 Å². The fourth-order valence-corrected chi connectivity index (χ4v) is 2.62. The summed E-state index contributed by atoms with van der Waals surface area (Å²) in [5.74, 6) is -0.478. The third-order valence-corrected chi connectivity index (χ3v) is 3.97. The Bertz CT molecular complexity index is 745. The number of halogens is 1. The van der Waals surface area contributed by atoms with Crippen molar-refractivity contribution >= 4 is 39.2 Å². The number of rotatable bonds is 7. The normalized spacial score (nSPS) is 10.2. The van der Waals surface area contributed by atoms with Crippen LogP contribution in [0, 0.1) is 6.92 Å². The second-order valence-electron chi connectivity index (χ2n) is 5.57. The molecule has 5 nitrogen and oxygen atoms in total. The number of ether oxygens (including phenoxy) is 1. The first kappa shape index (κ1) is 19.0. The summed E-state index contributed by atoms with van der Waals surface area (Å²) in [6, 6.07) is 12.5. The number of anilines is 2. The minimum atomic E-state index is -0.336. The van der Waals surface area contributed by atoms with Crippen LogP contribution in [0.3, 0.4) is 0 Å². The van der Waals surface area contributed by atoms with Crippen LogP contribution in [-0.4, -0.2) is 25.0 Å². The van der Waals surface area contributed by atoms with Gasteiger partial charge in [-0.1, -0.05) is 22.9 Å². The number of carbonyl (C=O) groups is 2. The van der Waals surface area contributed by atoms with Crippen LogP contribution in [0.1, 0.15) is 29.3 Å². The zero-order valence-electron chi connectivity index (χ0n) is 14.3. The van der Waals surface area contributed by atoms with Gasteiger partial charge in [-0.3, -0.25) is 4.79 Å². The molecule has 0 spiro atoms. The van der Waals surface area contributed by atoms with E-state index in [4.69, 9.17) is 4.74 Å². The molecule has 0 aliphatic rings. The average molecular weight is 405 g/mol. The zero-order chi connectivity index (χ0) is 18.2. The van der Waals surface area contributed by atoms with E-state index < -0.39 is 0 Å². The highest BCUT2D eigenvalue weighted by Crippen LogP contribution is 2.20. The maximum atomic E-state index is 12.1. The molecule has 0 radical (unpaired) electrons. The zero-order valence-corrected chi connectivity index (χ0v) is 15.9. The van der Waals surface area contributed by atoms with Crippen LogP contribution in [0.25, 0.3) is 0 Å². The van der Waals surface area contributed by atoms with Gasteiger partial charge in [-0.2, -0.15) is 0 Å². The Hall–Kier alpha value is -2.34. The monoisotopic (exact) mass is 404 g/mol. The Morgan fingerprint density at radius 2 is 1.84 bits per heavy atom. The molecule has 0 atom stereocenters. The maximum Gasteiger partial charge on any atom is 0.338 e. The Morgan fingerprint density at radius 1 is 1.12 bits per heavy atom. The van der Waals surface area contributed by atoms with E-state index in [1.165, 1.54) is 0 Å². The summed E-state index contributed by atoms with van der Waals surface area (Å²) in [5.41, 5.74) is 3.02. The Morgan fingerprint density at radius 3 is 2.48 bits per heavy atom. The average Bonchev–Trinajstić information content (AvgIpc) is 2.60. The van der Waals surface area contributed by atoms with Crippen molar-refractivity contribution in [2.45, 2.75) is 20.3 Å². The molecule has 2 aromatic rings. The molecule has 2 N–H and O–H groups in total. The van der Waals surface area contributed by atoms with Crippen LogP contribution in [0.2, 0.25) is 0 Å². The van der Waals surface area contributed by atoms with Gasteiger partial charge in [0.2, 0.25) is 5.91 Å². The van der Waals surface area contributed by atoms with E-state index in [9.17, 15) is 9.59 Å². The lowest BCUT2D eigenvalue weighted by atomic mass is 10.2. The van der Waals surface area contributed by atoms with Gasteiger partial charge in [0.1, 0.15) is 0 Å². The van der Waals surface area contributed by atoms with Gasteiger partial charge in [-0.25, -0.2) is 4.79 Å². The molecule has 25 heavy (non-hydrogen) atoms. The van der Waals surface area contributed by atoms with Crippen LogP contribution in [-0.2, 0) is 9.53 Å². The van der Waals surface area contributed by atoms with Crippen molar-refractivity contribution in [1.82, 2.24) is 0 Å². The van der Waals surface area contributed by atoms with Crippen LogP contribution < -0.4 is 10.6 Å². The molecule has 0 aromatic heterocycles. The molecule has 0 aliphatic heterocycles. The maximum absolute atomic E-state index is 12.1. The van der Waals surface area contributed by atoms with Crippen LogP contribution >= 0.6 is 15.9 Å². The van der Waals surface area contributed by atoms with E-state index in [0.29, 0.717) is 12.2 Å². The molecular formula is C19H21BrN2O3. The molecule has 0 bridgehead atoms. The van der Waals surface area contributed by atoms with Crippen LogP contribution in [0.5, 0.6) is 0 Å². The van der Waals surface area contributed by atoms with Crippen molar-refractivity contribution in [2.75, 3.05) is 23.8 Å². The van der Waals surface area contributed by atoms with Crippen molar-refractivity contribution in [3.05, 3.63) is 58.1 Å². The van der Waals surface area contributed by atoms with Crippen molar-refractivity contribution in [3.8, 4) is 0 Å². The SMILES string of the molecule is CCCOC(=O)c1ccc(NCC(=O)Nc2ccc(Br)cc2C)cc1. The highest BCUT2D eigenvalue weighted by atomic mass is 79.9. The highest BCUT2D eigenvalue weighted by molar-refractivity contribution is 9.10. The van der Waals surface area contributed by atoms with Crippen LogP contribution in [0.15, 0.2) is 46.9 Å².